The van der Waals surface area contributed by atoms with Crippen LogP contribution in [0.4, 0.5) is 16.2 Å². The lowest BCUT2D eigenvalue weighted by Gasteiger charge is -2.27. The second kappa shape index (κ2) is 11.3. The van der Waals surface area contributed by atoms with Gasteiger partial charge in [-0.25, -0.2) is 9.69 Å². The fraction of sp³-hybridized carbons (Fsp3) is 0.115. The van der Waals surface area contributed by atoms with Crippen LogP contribution in [0.1, 0.15) is 16.7 Å². The monoisotopic (exact) mass is 691 g/mol. The molecule has 1 N–H and O–H groups in total. The fourth-order valence-corrected chi connectivity index (χ4v) is 5.00. The Morgan fingerprint density at radius 3 is 2.45 bits per heavy atom. The molecule has 0 aliphatic carbocycles. The first kappa shape index (κ1) is 27.3. The van der Waals surface area contributed by atoms with Gasteiger partial charge in [0.1, 0.15) is 12.2 Å². The molecule has 0 bridgehead atoms. The van der Waals surface area contributed by atoms with Crippen molar-refractivity contribution in [3.05, 3.63) is 95.0 Å². The number of halogens is 2. The topological polar surface area (TPSA) is 128 Å². The first-order valence-corrected chi connectivity index (χ1v) is 12.9. The fourth-order valence-electron chi connectivity index (χ4n) is 3.75. The van der Waals surface area contributed by atoms with E-state index in [-0.39, 0.29) is 17.9 Å². The number of imide groups is 2. The number of barbiturate groups is 1. The Labute approximate surface area is 239 Å². The molecule has 1 aliphatic rings. The van der Waals surface area contributed by atoms with Crippen LogP contribution in [0.25, 0.3) is 6.08 Å². The molecular weight excluding hydrogens is 673 g/mol. The van der Waals surface area contributed by atoms with E-state index >= 15 is 0 Å². The van der Waals surface area contributed by atoms with Gasteiger partial charge in [-0.2, -0.15) is 0 Å². The molecule has 3 aromatic carbocycles. The summed E-state index contributed by atoms with van der Waals surface area (Å²) in [6.45, 7) is 1.89. The van der Waals surface area contributed by atoms with Crippen LogP contribution in [0, 0.1) is 20.6 Å². The number of ether oxygens (including phenoxy) is 2. The standard InChI is InChI=1S/C26H19BrIN3O7/c1-14-9-17(27)5-8-21(14)30-25(33)19(24(32)29-26(30)34)10-16-11-20(28)23(22(12-16)37-2)38-13-15-3-6-18(7-4-15)31(35)36/h3-12H,13H2,1-2H3,(H,29,32,34)/b19-10-. The molecule has 0 atom stereocenters. The summed E-state index contributed by atoms with van der Waals surface area (Å²) >= 11 is 5.40. The number of nitro benzene ring substituents is 1. The Morgan fingerprint density at radius 1 is 1.11 bits per heavy atom. The van der Waals surface area contributed by atoms with Gasteiger partial charge < -0.3 is 9.47 Å². The van der Waals surface area contributed by atoms with E-state index in [4.69, 9.17) is 9.47 Å². The van der Waals surface area contributed by atoms with Crippen molar-refractivity contribution in [2.45, 2.75) is 13.5 Å². The van der Waals surface area contributed by atoms with E-state index in [0.29, 0.717) is 31.9 Å². The number of hydrogen-bond donors (Lipinski definition) is 1. The average Bonchev–Trinajstić information content (AvgIpc) is 2.87. The number of amides is 4. The Hall–Kier alpha value is -3.78. The third-order valence-corrected chi connectivity index (χ3v) is 6.89. The van der Waals surface area contributed by atoms with Gasteiger partial charge in [-0.15, -0.1) is 0 Å². The van der Waals surface area contributed by atoms with Gasteiger partial charge in [-0.1, -0.05) is 15.9 Å². The van der Waals surface area contributed by atoms with Crippen LogP contribution in [0.3, 0.4) is 0 Å². The minimum atomic E-state index is -0.829. The molecule has 10 nitrogen and oxygen atoms in total. The molecule has 0 unspecified atom stereocenters. The average molecular weight is 692 g/mol. The number of aryl methyl sites for hydroxylation is 1. The number of methoxy groups -OCH3 is 1. The van der Waals surface area contributed by atoms with Gasteiger partial charge >= 0.3 is 6.03 Å². The largest absolute Gasteiger partial charge is 0.493 e. The predicted octanol–water partition coefficient (Wildman–Crippen LogP) is 5.52. The number of non-ortho nitro benzene ring substituents is 1. The lowest BCUT2D eigenvalue weighted by atomic mass is 10.1. The van der Waals surface area contributed by atoms with Gasteiger partial charge in [0.05, 0.1) is 21.3 Å². The number of urea groups is 1. The molecule has 4 rings (SSSR count). The van der Waals surface area contributed by atoms with Crippen LogP contribution in [0.15, 0.2) is 64.6 Å². The summed E-state index contributed by atoms with van der Waals surface area (Å²) in [7, 11) is 1.45. The molecule has 1 saturated heterocycles. The normalized spacial score (nSPS) is 14.5. The molecule has 38 heavy (non-hydrogen) atoms. The van der Waals surface area contributed by atoms with E-state index in [1.54, 1.807) is 49.4 Å². The SMILES string of the molecule is COc1cc(/C=C2/C(=O)NC(=O)N(c3ccc(Br)cc3C)C2=O)cc(I)c1OCc1ccc([N+](=O)[O-])cc1. The van der Waals surface area contributed by atoms with Crippen molar-refractivity contribution < 1.29 is 28.8 Å². The summed E-state index contributed by atoms with van der Waals surface area (Å²) in [6.07, 6.45) is 1.39. The highest BCUT2D eigenvalue weighted by molar-refractivity contribution is 14.1. The number of rotatable bonds is 7. The second-order valence-electron chi connectivity index (χ2n) is 8.14. The van der Waals surface area contributed by atoms with E-state index in [9.17, 15) is 24.5 Å². The highest BCUT2D eigenvalue weighted by Gasteiger charge is 2.37. The molecule has 194 valence electrons. The molecule has 1 fully saturated rings. The van der Waals surface area contributed by atoms with Crippen LogP contribution in [0.2, 0.25) is 0 Å². The number of carbonyl (C=O) groups excluding carboxylic acids is 3. The number of carbonyl (C=O) groups is 3. The lowest BCUT2D eigenvalue weighted by Crippen LogP contribution is -2.54. The summed E-state index contributed by atoms with van der Waals surface area (Å²) in [5.41, 5.74) is 1.99. The van der Waals surface area contributed by atoms with Gasteiger partial charge in [0, 0.05) is 16.6 Å². The van der Waals surface area contributed by atoms with Crippen molar-refractivity contribution in [1.82, 2.24) is 5.32 Å². The lowest BCUT2D eigenvalue weighted by molar-refractivity contribution is -0.384. The van der Waals surface area contributed by atoms with Gasteiger partial charge in [0.15, 0.2) is 11.5 Å². The Balaban J connectivity index is 1.62. The first-order chi connectivity index (χ1) is 18.1. The predicted molar refractivity (Wildman–Crippen MR) is 151 cm³/mol. The summed E-state index contributed by atoms with van der Waals surface area (Å²) in [6, 6.07) is 13.5. The quantitative estimate of drug-likeness (QED) is 0.114. The molecular formula is C26H19BrIN3O7. The van der Waals surface area contributed by atoms with Gasteiger partial charge in [-0.3, -0.25) is 25.0 Å². The van der Waals surface area contributed by atoms with Crippen molar-refractivity contribution in [2.75, 3.05) is 12.0 Å². The summed E-state index contributed by atoms with van der Waals surface area (Å²) in [5.74, 6) is -0.781. The molecule has 1 heterocycles. The van der Waals surface area contributed by atoms with Crippen LogP contribution < -0.4 is 19.7 Å². The highest BCUT2D eigenvalue weighted by Crippen LogP contribution is 2.36. The summed E-state index contributed by atoms with van der Waals surface area (Å²) < 4.78 is 12.8. The van der Waals surface area contributed by atoms with Gasteiger partial charge in [0.25, 0.3) is 17.5 Å². The first-order valence-electron chi connectivity index (χ1n) is 11.0. The van der Waals surface area contributed by atoms with E-state index < -0.39 is 22.8 Å². The molecule has 0 spiro atoms. The highest BCUT2D eigenvalue weighted by atomic mass is 127. The van der Waals surface area contributed by atoms with Crippen molar-refractivity contribution >= 4 is 73.8 Å². The van der Waals surface area contributed by atoms with E-state index in [2.05, 4.69) is 21.2 Å². The maximum atomic E-state index is 13.3. The number of hydrogen-bond acceptors (Lipinski definition) is 7. The maximum absolute atomic E-state index is 13.3. The molecule has 3 aromatic rings. The number of nitro groups is 1. The third-order valence-electron chi connectivity index (χ3n) is 5.59. The zero-order valence-electron chi connectivity index (χ0n) is 20.0. The molecule has 0 aromatic heterocycles. The number of nitrogens with one attached hydrogen (secondary N) is 1. The summed E-state index contributed by atoms with van der Waals surface area (Å²) in [5, 5.41) is 13.1. The Bertz CT molecular complexity index is 1510. The van der Waals surface area contributed by atoms with Crippen LogP contribution >= 0.6 is 38.5 Å². The van der Waals surface area contributed by atoms with E-state index in [1.165, 1.54) is 25.3 Å². The van der Waals surface area contributed by atoms with Crippen molar-refractivity contribution in [3.8, 4) is 11.5 Å². The minimum Gasteiger partial charge on any atom is -0.493 e. The minimum absolute atomic E-state index is 0.0184. The number of nitrogens with zero attached hydrogens (tertiary/aromatic N) is 2. The number of benzene rings is 3. The van der Waals surface area contributed by atoms with E-state index in [0.717, 1.165) is 14.9 Å². The molecule has 0 saturated carbocycles. The molecule has 0 radical (unpaired) electrons. The van der Waals surface area contributed by atoms with Crippen molar-refractivity contribution in [2.24, 2.45) is 0 Å². The zero-order valence-corrected chi connectivity index (χ0v) is 23.7. The third kappa shape index (κ3) is 5.70. The van der Waals surface area contributed by atoms with Gasteiger partial charge in [-0.05, 0) is 94.7 Å². The molecule has 4 amide bonds. The molecule has 12 heteroatoms. The van der Waals surface area contributed by atoms with Crippen LogP contribution in [-0.4, -0.2) is 29.9 Å². The van der Waals surface area contributed by atoms with Crippen molar-refractivity contribution in [3.63, 3.8) is 0 Å². The Kier molecular flexibility index (Phi) is 8.11. The number of anilines is 1. The zero-order chi connectivity index (χ0) is 27.6. The van der Waals surface area contributed by atoms with Crippen LogP contribution in [-0.2, 0) is 16.2 Å². The van der Waals surface area contributed by atoms with Gasteiger partial charge in [0.2, 0.25) is 0 Å². The van der Waals surface area contributed by atoms with Crippen molar-refractivity contribution in [1.29, 1.82) is 0 Å². The second-order valence-corrected chi connectivity index (χ2v) is 10.2. The summed E-state index contributed by atoms with van der Waals surface area (Å²) in [4.78, 5) is 49.8. The Morgan fingerprint density at radius 2 is 1.82 bits per heavy atom. The van der Waals surface area contributed by atoms with Crippen LogP contribution in [0.5, 0.6) is 11.5 Å². The maximum Gasteiger partial charge on any atom is 0.335 e. The molecule has 1 aliphatic heterocycles. The smallest absolute Gasteiger partial charge is 0.335 e. The van der Waals surface area contributed by atoms with E-state index in [1.807, 2.05) is 22.6 Å².